The van der Waals surface area contributed by atoms with Crippen LogP contribution < -0.4 is 5.32 Å². The number of amides is 1. The van der Waals surface area contributed by atoms with Crippen LogP contribution in [0, 0.1) is 13.8 Å². The van der Waals surface area contributed by atoms with Gasteiger partial charge < -0.3 is 10.1 Å². The minimum atomic E-state index is -0.399. The van der Waals surface area contributed by atoms with Gasteiger partial charge >= 0.3 is 5.97 Å². The number of ether oxygens (including phenoxy) is 1. The summed E-state index contributed by atoms with van der Waals surface area (Å²) >= 11 is 1.42. The summed E-state index contributed by atoms with van der Waals surface area (Å²) in [5.74, 6) is -0.544. The molecule has 5 heteroatoms. The first-order valence-electron chi connectivity index (χ1n) is 8.23. The van der Waals surface area contributed by atoms with Crippen LogP contribution in [0.15, 0.2) is 47.4 Å². The molecule has 0 saturated carbocycles. The number of thioether (sulfide) groups is 1. The topological polar surface area (TPSA) is 55.4 Å². The molecule has 2 aromatic carbocycles. The Morgan fingerprint density at radius 2 is 1.88 bits per heavy atom. The summed E-state index contributed by atoms with van der Waals surface area (Å²) in [6.45, 7) is 5.80. The van der Waals surface area contributed by atoms with Crippen LogP contribution in [0.25, 0.3) is 0 Å². The zero-order valence-corrected chi connectivity index (χ0v) is 15.6. The minimum absolute atomic E-state index is 0.183. The highest BCUT2D eigenvalue weighted by molar-refractivity contribution is 8.00. The quantitative estimate of drug-likeness (QED) is 0.598. The highest BCUT2D eigenvalue weighted by atomic mass is 32.2. The zero-order chi connectivity index (χ0) is 18.2. The van der Waals surface area contributed by atoms with Gasteiger partial charge in [-0.05, 0) is 43.5 Å². The fourth-order valence-electron chi connectivity index (χ4n) is 2.42. The van der Waals surface area contributed by atoms with Gasteiger partial charge in [0.25, 0.3) is 5.91 Å². The van der Waals surface area contributed by atoms with E-state index in [4.69, 9.17) is 4.74 Å². The normalized spacial score (nSPS) is 10.4. The van der Waals surface area contributed by atoms with E-state index in [9.17, 15) is 9.59 Å². The second kappa shape index (κ2) is 9.28. The average molecular weight is 357 g/mol. The van der Waals surface area contributed by atoms with Crippen molar-refractivity contribution in [3.63, 3.8) is 0 Å². The van der Waals surface area contributed by atoms with Crippen LogP contribution >= 0.6 is 11.8 Å². The van der Waals surface area contributed by atoms with Gasteiger partial charge in [0.15, 0.2) is 6.61 Å². The minimum Gasteiger partial charge on any atom is -0.455 e. The summed E-state index contributed by atoms with van der Waals surface area (Å²) in [6.07, 6.45) is 0.822. The van der Waals surface area contributed by atoms with Gasteiger partial charge in [-0.3, -0.25) is 9.59 Å². The van der Waals surface area contributed by atoms with Crippen molar-refractivity contribution < 1.29 is 14.3 Å². The van der Waals surface area contributed by atoms with E-state index >= 15 is 0 Å². The van der Waals surface area contributed by atoms with Gasteiger partial charge in [-0.2, -0.15) is 0 Å². The van der Waals surface area contributed by atoms with E-state index in [1.54, 1.807) is 0 Å². The van der Waals surface area contributed by atoms with Crippen molar-refractivity contribution in [2.75, 3.05) is 17.7 Å². The van der Waals surface area contributed by atoms with Gasteiger partial charge in [0.1, 0.15) is 0 Å². The van der Waals surface area contributed by atoms with Crippen molar-refractivity contribution in [3.05, 3.63) is 59.2 Å². The molecule has 2 aromatic rings. The van der Waals surface area contributed by atoms with Crippen molar-refractivity contribution in [3.8, 4) is 0 Å². The van der Waals surface area contributed by atoms with Crippen LogP contribution in [0.5, 0.6) is 0 Å². The number of aryl methyl sites for hydroxylation is 3. The molecule has 0 aliphatic heterocycles. The van der Waals surface area contributed by atoms with Gasteiger partial charge in [-0.25, -0.2) is 0 Å². The van der Waals surface area contributed by atoms with Gasteiger partial charge in [-0.15, -0.1) is 11.8 Å². The Morgan fingerprint density at radius 3 is 2.60 bits per heavy atom. The van der Waals surface area contributed by atoms with Crippen LogP contribution in [0.2, 0.25) is 0 Å². The molecule has 2 rings (SSSR count). The third-order valence-corrected chi connectivity index (χ3v) is 4.86. The maximum atomic E-state index is 12.0. The number of nitrogens with one attached hydrogen (secondary N) is 1. The molecule has 0 aromatic heterocycles. The van der Waals surface area contributed by atoms with Crippen molar-refractivity contribution in [2.45, 2.75) is 32.1 Å². The van der Waals surface area contributed by atoms with E-state index in [1.165, 1.54) is 17.3 Å². The van der Waals surface area contributed by atoms with Crippen molar-refractivity contribution >= 4 is 29.3 Å². The number of anilines is 1. The molecule has 0 aliphatic carbocycles. The van der Waals surface area contributed by atoms with E-state index < -0.39 is 5.97 Å². The number of carbonyl (C=O) groups excluding carboxylic acids is 2. The number of rotatable bonds is 7. The standard InChI is InChI=1S/C20H23NO3S/c1-4-16-7-5-6-8-17(16)21-19(22)12-24-20(23)13-25-18-10-9-14(2)11-15(18)3/h5-11H,4,12-13H2,1-3H3,(H,21,22). The molecule has 0 fully saturated rings. The molecule has 0 bridgehead atoms. The largest absolute Gasteiger partial charge is 0.455 e. The Kier molecular flexibility index (Phi) is 7.07. The molecule has 1 N–H and O–H groups in total. The first kappa shape index (κ1) is 19.1. The first-order valence-corrected chi connectivity index (χ1v) is 9.21. The van der Waals surface area contributed by atoms with Gasteiger partial charge in [0.05, 0.1) is 5.75 Å². The molecule has 0 radical (unpaired) electrons. The third kappa shape index (κ3) is 5.94. The molecule has 1 amide bonds. The fourth-order valence-corrected chi connectivity index (χ4v) is 3.23. The second-order valence-electron chi connectivity index (χ2n) is 5.78. The monoisotopic (exact) mass is 357 g/mol. The third-order valence-electron chi connectivity index (χ3n) is 3.71. The molecule has 0 saturated heterocycles. The van der Waals surface area contributed by atoms with Crippen LogP contribution in [0.3, 0.4) is 0 Å². The van der Waals surface area contributed by atoms with Crippen molar-refractivity contribution in [1.29, 1.82) is 0 Å². The Bertz CT molecular complexity index is 758. The lowest BCUT2D eigenvalue weighted by Gasteiger charge is -2.10. The van der Waals surface area contributed by atoms with Gasteiger partial charge in [0, 0.05) is 10.6 Å². The summed E-state index contributed by atoms with van der Waals surface area (Å²) in [6, 6.07) is 13.7. The molecule has 0 aliphatic rings. The van der Waals surface area contributed by atoms with E-state index in [0.717, 1.165) is 28.1 Å². The molecule has 0 heterocycles. The van der Waals surface area contributed by atoms with Crippen LogP contribution in [0.4, 0.5) is 5.69 Å². The average Bonchev–Trinajstić information content (AvgIpc) is 2.59. The molecule has 0 unspecified atom stereocenters. The van der Waals surface area contributed by atoms with E-state index in [2.05, 4.69) is 11.4 Å². The number of para-hydroxylation sites is 1. The summed E-state index contributed by atoms with van der Waals surface area (Å²) in [7, 11) is 0. The molecular formula is C20H23NO3S. The predicted octanol–water partition coefficient (Wildman–Crippen LogP) is 4.14. The highest BCUT2D eigenvalue weighted by Gasteiger charge is 2.10. The summed E-state index contributed by atoms with van der Waals surface area (Å²) in [5, 5.41) is 2.78. The summed E-state index contributed by atoms with van der Waals surface area (Å²) < 4.78 is 5.06. The second-order valence-corrected chi connectivity index (χ2v) is 6.79. The molecule has 0 spiro atoms. The van der Waals surface area contributed by atoms with Crippen LogP contribution in [-0.2, 0) is 20.7 Å². The van der Waals surface area contributed by atoms with Crippen molar-refractivity contribution in [1.82, 2.24) is 0 Å². The summed E-state index contributed by atoms with van der Waals surface area (Å²) in [5.41, 5.74) is 4.13. The number of benzene rings is 2. The Morgan fingerprint density at radius 1 is 1.12 bits per heavy atom. The number of hydrogen-bond donors (Lipinski definition) is 1. The number of carbonyl (C=O) groups is 2. The Labute approximate surface area is 153 Å². The summed E-state index contributed by atoms with van der Waals surface area (Å²) in [4.78, 5) is 24.9. The van der Waals surface area contributed by atoms with Gasteiger partial charge in [-0.1, -0.05) is 42.8 Å². The first-order chi connectivity index (χ1) is 12.0. The SMILES string of the molecule is CCc1ccccc1NC(=O)COC(=O)CSc1ccc(C)cc1C. The fraction of sp³-hybridized carbons (Fsp3) is 0.300. The lowest BCUT2D eigenvalue weighted by molar-refractivity contribution is -0.144. The van der Waals surface area contributed by atoms with Crippen molar-refractivity contribution in [2.24, 2.45) is 0 Å². The molecular weight excluding hydrogens is 334 g/mol. The van der Waals surface area contributed by atoms with Gasteiger partial charge in [0.2, 0.25) is 0 Å². The van der Waals surface area contributed by atoms with E-state index in [-0.39, 0.29) is 18.3 Å². The molecule has 0 atom stereocenters. The predicted molar refractivity (Wildman–Crippen MR) is 102 cm³/mol. The molecule has 25 heavy (non-hydrogen) atoms. The zero-order valence-electron chi connectivity index (χ0n) is 14.8. The number of hydrogen-bond acceptors (Lipinski definition) is 4. The van der Waals surface area contributed by atoms with E-state index in [1.807, 2.05) is 57.2 Å². The molecule has 132 valence electrons. The smallest absolute Gasteiger partial charge is 0.316 e. The molecule has 4 nitrogen and oxygen atoms in total. The van der Waals surface area contributed by atoms with E-state index in [0.29, 0.717) is 0 Å². The Hall–Kier alpha value is -2.27. The maximum Gasteiger partial charge on any atom is 0.316 e. The van der Waals surface area contributed by atoms with Crippen LogP contribution in [-0.4, -0.2) is 24.2 Å². The highest BCUT2D eigenvalue weighted by Crippen LogP contribution is 2.23. The Balaban J connectivity index is 1.78. The lowest BCUT2D eigenvalue weighted by atomic mass is 10.1. The maximum absolute atomic E-state index is 12.0. The lowest BCUT2D eigenvalue weighted by Crippen LogP contribution is -2.22. The van der Waals surface area contributed by atoms with Crippen LogP contribution in [0.1, 0.15) is 23.6 Å². The number of esters is 1.